The molecule has 0 bridgehead atoms. The Balaban J connectivity index is 1.69. The lowest BCUT2D eigenvalue weighted by molar-refractivity contribution is 0.0270. The summed E-state index contributed by atoms with van der Waals surface area (Å²) < 4.78 is 20.0. The highest BCUT2D eigenvalue weighted by molar-refractivity contribution is 6.04. The van der Waals surface area contributed by atoms with Crippen molar-refractivity contribution in [1.29, 1.82) is 0 Å². The van der Waals surface area contributed by atoms with Crippen LogP contribution >= 0.6 is 0 Å². The van der Waals surface area contributed by atoms with Crippen LogP contribution in [-0.2, 0) is 4.74 Å². The summed E-state index contributed by atoms with van der Waals surface area (Å²) in [6.45, 7) is 12.5. The van der Waals surface area contributed by atoms with E-state index in [0.29, 0.717) is 36.3 Å². The molecule has 2 amide bonds. The van der Waals surface area contributed by atoms with Gasteiger partial charge in [0.05, 0.1) is 0 Å². The summed E-state index contributed by atoms with van der Waals surface area (Å²) in [4.78, 5) is 26.8. The van der Waals surface area contributed by atoms with Crippen LogP contribution in [0.2, 0.25) is 0 Å². The van der Waals surface area contributed by atoms with E-state index in [2.05, 4.69) is 5.32 Å². The summed E-state index contributed by atoms with van der Waals surface area (Å²) in [5, 5.41) is 2.79. The number of allylic oxidation sites excluding steroid dienone is 2. The topological polar surface area (TPSA) is 58.6 Å². The van der Waals surface area contributed by atoms with E-state index in [4.69, 9.17) is 4.74 Å². The van der Waals surface area contributed by atoms with Crippen molar-refractivity contribution in [1.82, 2.24) is 4.90 Å². The number of carbonyl (C=O) groups excluding carboxylic acids is 2. The van der Waals surface area contributed by atoms with Crippen molar-refractivity contribution in [2.45, 2.75) is 60.0 Å². The molecule has 2 aromatic carbocycles. The van der Waals surface area contributed by atoms with E-state index < -0.39 is 5.60 Å². The number of anilines is 1. The van der Waals surface area contributed by atoms with Crippen molar-refractivity contribution in [2.75, 3.05) is 18.4 Å². The molecule has 1 aliphatic heterocycles. The standard InChI is InChI=1S/C29H35FN2O3/c1-7-20(8-2)25-12-10-23(18-26(25)30)31-27(33)22-9-11-24(19(3)17-22)21-13-15-32(16-14-21)28(34)35-29(4,5)6/h7,9-13,17-18H,8,14-16H2,1-6H3,(H,31,33)/b20-7+. The zero-order valence-corrected chi connectivity index (χ0v) is 21.5. The summed E-state index contributed by atoms with van der Waals surface area (Å²) in [5.74, 6) is -0.642. The molecule has 0 fully saturated rings. The van der Waals surface area contributed by atoms with E-state index in [-0.39, 0.29) is 17.8 Å². The fraction of sp³-hybridized carbons (Fsp3) is 0.379. The van der Waals surface area contributed by atoms with Gasteiger partial charge in [-0.05, 0) is 100 Å². The molecule has 0 atom stereocenters. The minimum absolute atomic E-state index is 0.290. The van der Waals surface area contributed by atoms with E-state index in [9.17, 15) is 14.0 Å². The van der Waals surface area contributed by atoms with E-state index in [1.165, 1.54) is 6.07 Å². The molecule has 0 radical (unpaired) electrons. The van der Waals surface area contributed by atoms with Crippen LogP contribution < -0.4 is 5.32 Å². The number of rotatable bonds is 5. The van der Waals surface area contributed by atoms with Gasteiger partial charge in [0.2, 0.25) is 0 Å². The Hall–Kier alpha value is -3.41. The Labute approximate surface area is 207 Å². The molecule has 0 saturated heterocycles. The highest BCUT2D eigenvalue weighted by Crippen LogP contribution is 2.28. The minimum Gasteiger partial charge on any atom is -0.444 e. The van der Waals surface area contributed by atoms with Crippen LogP contribution in [0.1, 0.15) is 74.5 Å². The average Bonchev–Trinajstić information content (AvgIpc) is 2.80. The number of amides is 2. The Bertz CT molecular complexity index is 1170. The van der Waals surface area contributed by atoms with Crippen molar-refractivity contribution < 1.29 is 18.7 Å². The second-order valence-corrected chi connectivity index (χ2v) is 9.75. The Kier molecular flexibility index (Phi) is 8.15. The lowest BCUT2D eigenvalue weighted by Crippen LogP contribution is -2.39. The van der Waals surface area contributed by atoms with Crippen LogP contribution in [0, 0.1) is 12.7 Å². The number of aryl methyl sites for hydroxylation is 1. The number of nitrogens with one attached hydrogen (secondary N) is 1. The fourth-order valence-corrected chi connectivity index (χ4v) is 4.18. The van der Waals surface area contributed by atoms with E-state index in [1.807, 2.05) is 65.8 Å². The molecule has 3 rings (SSSR count). The predicted octanol–water partition coefficient (Wildman–Crippen LogP) is 7.22. The molecule has 0 unspecified atom stereocenters. The first-order chi connectivity index (χ1) is 16.5. The molecular formula is C29H35FN2O3. The zero-order valence-electron chi connectivity index (χ0n) is 21.5. The second kappa shape index (κ2) is 10.9. The zero-order chi connectivity index (χ0) is 25.8. The van der Waals surface area contributed by atoms with Crippen LogP contribution in [0.4, 0.5) is 14.9 Å². The van der Waals surface area contributed by atoms with Crippen molar-refractivity contribution >= 4 is 28.8 Å². The SMILES string of the molecule is C/C=C(\CC)c1ccc(NC(=O)c2ccc(C3=CCN(C(=O)OC(C)(C)C)CC3)c(C)c2)cc1F. The normalized spacial score (nSPS) is 14.4. The molecule has 0 aromatic heterocycles. The summed E-state index contributed by atoms with van der Waals surface area (Å²) in [6, 6.07) is 10.3. The molecule has 1 aliphatic rings. The average molecular weight is 479 g/mol. The van der Waals surface area contributed by atoms with Gasteiger partial charge in [-0.25, -0.2) is 9.18 Å². The van der Waals surface area contributed by atoms with Crippen LogP contribution in [-0.4, -0.2) is 35.6 Å². The lowest BCUT2D eigenvalue weighted by atomic mass is 9.94. The van der Waals surface area contributed by atoms with Gasteiger partial charge in [0.25, 0.3) is 5.91 Å². The van der Waals surface area contributed by atoms with Crippen molar-refractivity contribution in [2.24, 2.45) is 0 Å². The van der Waals surface area contributed by atoms with Gasteiger partial charge in [-0.1, -0.05) is 25.1 Å². The van der Waals surface area contributed by atoms with Gasteiger partial charge >= 0.3 is 6.09 Å². The number of benzene rings is 2. The number of hydrogen-bond donors (Lipinski definition) is 1. The molecule has 1 N–H and O–H groups in total. The van der Waals surface area contributed by atoms with E-state index in [0.717, 1.165) is 28.7 Å². The van der Waals surface area contributed by atoms with Crippen LogP contribution in [0.25, 0.3) is 11.1 Å². The van der Waals surface area contributed by atoms with Gasteiger partial charge < -0.3 is 15.0 Å². The lowest BCUT2D eigenvalue weighted by Gasteiger charge is -2.30. The smallest absolute Gasteiger partial charge is 0.410 e. The van der Waals surface area contributed by atoms with Crippen LogP contribution in [0.3, 0.4) is 0 Å². The first-order valence-electron chi connectivity index (χ1n) is 12.1. The van der Waals surface area contributed by atoms with Gasteiger partial charge in [-0.2, -0.15) is 0 Å². The molecule has 2 aromatic rings. The number of hydrogen-bond acceptors (Lipinski definition) is 3. The summed E-state index contributed by atoms with van der Waals surface area (Å²) in [5.41, 5.74) is 5.05. The molecule has 0 saturated carbocycles. The molecule has 5 nitrogen and oxygen atoms in total. The van der Waals surface area contributed by atoms with E-state index in [1.54, 1.807) is 23.1 Å². The summed E-state index contributed by atoms with van der Waals surface area (Å²) >= 11 is 0. The van der Waals surface area contributed by atoms with Gasteiger partial charge in [-0.3, -0.25) is 4.79 Å². The third-order valence-corrected chi connectivity index (χ3v) is 6.00. The molecule has 35 heavy (non-hydrogen) atoms. The number of nitrogens with zero attached hydrogens (tertiary/aromatic N) is 1. The molecule has 0 spiro atoms. The highest BCUT2D eigenvalue weighted by atomic mass is 19.1. The van der Waals surface area contributed by atoms with Crippen molar-refractivity contribution in [3.8, 4) is 0 Å². The molecule has 186 valence electrons. The summed E-state index contributed by atoms with van der Waals surface area (Å²) in [7, 11) is 0. The molecule has 1 heterocycles. The monoisotopic (exact) mass is 478 g/mol. The quantitative estimate of drug-likeness (QED) is 0.493. The molecular weight excluding hydrogens is 443 g/mol. The van der Waals surface area contributed by atoms with Crippen molar-refractivity contribution in [3.63, 3.8) is 0 Å². The Morgan fingerprint density at radius 3 is 2.46 bits per heavy atom. The number of halogens is 1. The summed E-state index contributed by atoms with van der Waals surface area (Å²) in [6.07, 6.45) is 5.08. The Morgan fingerprint density at radius 2 is 1.91 bits per heavy atom. The third kappa shape index (κ3) is 6.59. The van der Waals surface area contributed by atoms with E-state index >= 15 is 0 Å². The largest absolute Gasteiger partial charge is 0.444 e. The van der Waals surface area contributed by atoms with Crippen molar-refractivity contribution in [3.05, 3.63) is 76.6 Å². The Morgan fingerprint density at radius 1 is 1.17 bits per heavy atom. The predicted molar refractivity (Wildman–Crippen MR) is 140 cm³/mol. The molecule has 6 heteroatoms. The first-order valence-corrected chi connectivity index (χ1v) is 12.1. The van der Waals surface area contributed by atoms with Gasteiger partial charge in [0, 0.05) is 29.9 Å². The minimum atomic E-state index is -0.521. The maximum Gasteiger partial charge on any atom is 0.410 e. The van der Waals surface area contributed by atoms with Gasteiger partial charge in [0.15, 0.2) is 0 Å². The van der Waals surface area contributed by atoms with Crippen LogP contribution in [0.15, 0.2) is 48.6 Å². The second-order valence-electron chi connectivity index (χ2n) is 9.75. The number of carbonyl (C=O) groups is 2. The first kappa shape index (κ1) is 26.2. The van der Waals surface area contributed by atoms with Gasteiger partial charge in [-0.15, -0.1) is 0 Å². The molecule has 0 aliphatic carbocycles. The third-order valence-electron chi connectivity index (χ3n) is 6.00. The maximum absolute atomic E-state index is 14.6. The van der Waals surface area contributed by atoms with Crippen LogP contribution in [0.5, 0.6) is 0 Å². The fourth-order valence-electron chi connectivity index (χ4n) is 4.18. The maximum atomic E-state index is 14.6. The highest BCUT2D eigenvalue weighted by Gasteiger charge is 2.24. The van der Waals surface area contributed by atoms with Gasteiger partial charge in [0.1, 0.15) is 11.4 Å². The number of ether oxygens (including phenoxy) is 1.